The van der Waals surface area contributed by atoms with Gasteiger partial charge in [0.25, 0.3) is 0 Å². The van der Waals surface area contributed by atoms with Crippen LogP contribution in [0.5, 0.6) is 0 Å². The van der Waals surface area contributed by atoms with Crippen molar-refractivity contribution >= 4 is 35.5 Å². The first-order valence-electron chi connectivity index (χ1n) is 11.8. The first-order chi connectivity index (χ1) is 15.3. The van der Waals surface area contributed by atoms with E-state index < -0.39 is 0 Å². The highest BCUT2D eigenvalue weighted by Crippen LogP contribution is 2.66. The normalized spacial score (nSPS) is 38.3. The molecule has 32 heavy (non-hydrogen) atoms. The third-order valence-electron chi connectivity index (χ3n) is 9.17. The number of allylic oxidation sites excluding steroid dienone is 3. The van der Waals surface area contributed by atoms with Crippen LogP contribution in [0.4, 0.5) is 0 Å². The summed E-state index contributed by atoms with van der Waals surface area (Å²) in [5.74, 6) is 1.33. The van der Waals surface area contributed by atoms with Crippen LogP contribution in [-0.4, -0.2) is 18.4 Å². The number of halogens is 2. The zero-order valence-electron chi connectivity index (χ0n) is 18.7. The highest BCUT2D eigenvalue weighted by atomic mass is 35.5. The largest absolute Gasteiger partial charge is 0.458 e. The lowest BCUT2D eigenvalue weighted by Crippen LogP contribution is -2.50. The maximum absolute atomic E-state index is 12.6. The first kappa shape index (κ1) is 22.2. The number of ether oxygens (including phenoxy) is 1. The molecule has 0 aromatic heterocycles. The molecule has 3 unspecified atom stereocenters. The van der Waals surface area contributed by atoms with Crippen molar-refractivity contribution in [3.63, 3.8) is 0 Å². The van der Waals surface area contributed by atoms with Crippen LogP contribution in [0.15, 0.2) is 46.5 Å². The van der Waals surface area contributed by atoms with Gasteiger partial charge in [-0.05, 0) is 86.0 Å². The molecule has 1 aromatic carbocycles. The van der Waals surface area contributed by atoms with Crippen LogP contribution in [0.2, 0.25) is 5.02 Å². The lowest BCUT2D eigenvalue weighted by molar-refractivity contribution is -0.105. The molecule has 0 spiro atoms. The third kappa shape index (κ3) is 3.39. The quantitative estimate of drug-likeness (QED) is 0.267. The number of hydrogen-bond donors (Lipinski definition) is 0. The van der Waals surface area contributed by atoms with Crippen LogP contribution in [0, 0.1) is 28.6 Å². The summed E-state index contributed by atoms with van der Waals surface area (Å²) in [5, 5.41) is 1.42. The van der Waals surface area contributed by atoms with Crippen molar-refractivity contribution in [2.24, 2.45) is 28.6 Å². The first-order valence-corrected chi connectivity index (χ1v) is 12.5. The fourth-order valence-electron chi connectivity index (χ4n) is 7.30. The summed E-state index contributed by atoms with van der Waals surface area (Å²) >= 11 is 12.6. The molecule has 0 bridgehead atoms. The van der Waals surface area contributed by atoms with Gasteiger partial charge in [-0.1, -0.05) is 48.7 Å². The second-order valence-electron chi connectivity index (χ2n) is 10.7. The second-order valence-corrected chi connectivity index (χ2v) is 11.5. The van der Waals surface area contributed by atoms with E-state index in [0.717, 1.165) is 61.8 Å². The summed E-state index contributed by atoms with van der Waals surface area (Å²) in [4.78, 5) is 24.2. The topological polar surface area (TPSA) is 43.4 Å². The average Bonchev–Trinajstić information content (AvgIpc) is 3.05. The number of aldehydes is 1. The fourth-order valence-corrected chi connectivity index (χ4v) is 7.78. The third-order valence-corrected chi connectivity index (χ3v) is 10.1. The van der Waals surface area contributed by atoms with Gasteiger partial charge in [0, 0.05) is 27.5 Å². The number of esters is 1. The SMILES string of the molecule is C[C@]12CC[C@H](OC(=O)c3ccc(Cl)cc3)CC1=CCC1C2CC[C@]2(C)C(Cl)=C(C=O)CC12. The summed E-state index contributed by atoms with van der Waals surface area (Å²) in [6, 6.07) is 6.87. The molecule has 0 aliphatic heterocycles. The maximum Gasteiger partial charge on any atom is 0.338 e. The molecule has 0 amide bonds. The number of hydrogen-bond acceptors (Lipinski definition) is 3. The minimum atomic E-state index is -0.272. The van der Waals surface area contributed by atoms with Crippen LogP contribution in [0.1, 0.15) is 69.2 Å². The molecule has 0 N–H and O–H groups in total. The van der Waals surface area contributed by atoms with E-state index in [1.54, 1.807) is 24.3 Å². The van der Waals surface area contributed by atoms with Gasteiger partial charge < -0.3 is 4.74 Å². The lowest BCUT2D eigenvalue weighted by Gasteiger charge is -2.57. The Morgan fingerprint density at radius 1 is 1.03 bits per heavy atom. The number of carbonyl (C=O) groups excluding carboxylic acids is 2. The summed E-state index contributed by atoms with van der Waals surface area (Å²) in [5.41, 5.74) is 2.91. The van der Waals surface area contributed by atoms with E-state index in [1.165, 1.54) is 5.57 Å². The van der Waals surface area contributed by atoms with E-state index >= 15 is 0 Å². The van der Waals surface area contributed by atoms with Crippen molar-refractivity contribution in [3.05, 3.63) is 57.1 Å². The Bertz CT molecular complexity index is 1010. The van der Waals surface area contributed by atoms with Gasteiger partial charge in [-0.25, -0.2) is 4.79 Å². The molecule has 0 saturated heterocycles. The van der Waals surface area contributed by atoms with Crippen molar-refractivity contribution in [3.8, 4) is 0 Å². The van der Waals surface area contributed by atoms with E-state index in [1.807, 2.05) is 0 Å². The molecule has 1 aromatic rings. The zero-order valence-corrected chi connectivity index (χ0v) is 20.2. The molecule has 4 aliphatic rings. The molecule has 0 heterocycles. The molecule has 3 nitrogen and oxygen atoms in total. The molecule has 0 radical (unpaired) electrons. The van der Waals surface area contributed by atoms with E-state index in [4.69, 9.17) is 27.9 Å². The van der Waals surface area contributed by atoms with Crippen molar-refractivity contribution < 1.29 is 14.3 Å². The maximum atomic E-state index is 12.6. The summed E-state index contributed by atoms with van der Waals surface area (Å²) in [6.45, 7) is 4.68. The van der Waals surface area contributed by atoms with Crippen LogP contribution < -0.4 is 0 Å². The molecule has 5 heteroatoms. The molecule has 170 valence electrons. The van der Waals surface area contributed by atoms with Crippen molar-refractivity contribution in [2.45, 2.75) is 64.9 Å². The predicted molar refractivity (Wildman–Crippen MR) is 127 cm³/mol. The lowest BCUT2D eigenvalue weighted by atomic mass is 9.48. The highest BCUT2D eigenvalue weighted by Gasteiger charge is 2.58. The van der Waals surface area contributed by atoms with E-state index in [2.05, 4.69) is 19.9 Å². The molecular formula is C27H30Cl2O3. The van der Waals surface area contributed by atoms with Crippen LogP contribution in [-0.2, 0) is 9.53 Å². The van der Waals surface area contributed by atoms with Gasteiger partial charge in [-0.2, -0.15) is 0 Å². The summed E-state index contributed by atoms with van der Waals surface area (Å²) in [7, 11) is 0. The molecule has 2 fully saturated rings. The zero-order chi connectivity index (χ0) is 22.7. The van der Waals surface area contributed by atoms with Crippen LogP contribution in [0.3, 0.4) is 0 Å². The number of fused-ring (bicyclic) bond motifs is 5. The molecule has 2 saturated carbocycles. The monoisotopic (exact) mass is 472 g/mol. The van der Waals surface area contributed by atoms with Gasteiger partial charge in [-0.3, -0.25) is 4.79 Å². The Morgan fingerprint density at radius 3 is 2.47 bits per heavy atom. The van der Waals surface area contributed by atoms with E-state index in [9.17, 15) is 9.59 Å². The van der Waals surface area contributed by atoms with Gasteiger partial charge >= 0.3 is 5.97 Å². The fraction of sp³-hybridized carbons (Fsp3) is 0.556. The minimum absolute atomic E-state index is 0.0496. The van der Waals surface area contributed by atoms with Gasteiger partial charge in [-0.15, -0.1) is 0 Å². The molecular weight excluding hydrogens is 443 g/mol. The Balaban J connectivity index is 1.32. The van der Waals surface area contributed by atoms with Crippen LogP contribution >= 0.6 is 23.2 Å². The standard InChI is InChI=1S/C27H30Cl2O3/c1-26-11-9-20(32-25(31)16-3-6-19(28)7-4-16)14-18(26)5-8-21-22(26)10-12-27(2)23(21)13-17(15-30)24(27)29/h3-7,15,20-23H,8-14H2,1-2H3/t20-,21?,22?,23?,26-,27-/m0/s1. The second kappa shape index (κ2) is 8.02. The molecule has 5 rings (SSSR count). The Labute approximate surface area is 200 Å². The van der Waals surface area contributed by atoms with Gasteiger partial charge in [0.2, 0.25) is 0 Å². The van der Waals surface area contributed by atoms with Crippen molar-refractivity contribution in [2.75, 3.05) is 0 Å². The van der Waals surface area contributed by atoms with Gasteiger partial charge in [0.15, 0.2) is 0 Å². The van der Waals surface area contributed by atoms with Gasteiger partial charge in [0.1, 0.15) is 12.4 Å². The Kier molecular flexibility index (Phi) is 5.57. The van der Waals surface area contributed by atoms with Crippen molar-refractivity contribution in [1.29, 1.82) is 0 Å². The van der Waals surface area contributed by atoms with Gasteiger partial charge in [0.05, 0.1) is 5.56 Å². The number of benzene rings is 1. The highest BCUT2D eigenvalue weighted by molar-refractivity contribution is 6.32. The summed E-state index contributed by atoms with van der Waals surface area (Å²) in [6.07, 6.45) is 10.1. The smallest absolute Gasteiger partial charge is 0.338 e. The molecule has 6 atom stereocenters. The predicted octanol–water partition coefficient (Wildman–Crippen LogP) is 7.13. The molecule has 4 aliphatic carbocycles. The van der Waals surface area contributed by atoms with Crippen molar-refractivity contribution in [1.82, 2.24) is 0 Å². The number of carbonyl (C=O) groups is 2. The van der Waals surface area contributed by atoms with Crippen LogP contribution in [0.25, 0.3) is 0 Å². The Hall–Kier alpha value is -1.58. The minimum Gasteiger partial charge on any atom is -0.458 e. The Morgan fingerprint density at radius 2 is 1.75 bits per heavy atom. The van der Waals surface area contributed by atoms with E-state index in [0.29, 0.717) is 28.3 Å². The van der Waals surface area contributed by atoms with E-state index in [-0.39, 0.29) is 22.9 Å². The number of rotatable bonds is 3. The average molecular weight is 473 g/mol. The summed E-state index contributed by atoms with van der Waals surface area (Å²) < 4.78 is 5.89.